The zero-order valence-corrected chi connectivity index (χ0v) is 17.7. The van der Waals surface area contributed by atoms with Gasteiger partial charge in [0.05, 0.1) is 5.56 Å². The SMILES string of the molecule is CCCCC1CCC(C(C)Cc2ccc(C(=O)Oc3ccc(F)cc3)cc2)CC1. The Hall–Kier alpha value is -2.16. The molecule has 156 valence electrons. The number of esters is 1. The number of carbonyl (C=O) groups excluding carboxylic acids is 1. The van der Waals surface area contributed by atoms with Crippen LogP contribution in [-0.2, 0) is 6.42 Å². The monoisotopic (exact) mass is 396 g/mol. The molecule has 0 aliphatic heterocycles. The van der Waals surface area contributed by atoms with Crippen molar-refractivity contribution in [2.45, 2.75) is 65.2 Å². The molecule has 2 nitrogen and oxygen atoms in total. The van der Waals surface area contributed by atoms with E-state index >= 15 is 0 Å². The molecule has 1 aliphatic rings. The first-order valence-electron chi connectivity index (χ1n) is 11.1. The molecular weight excluding hydrogens is 363 g/mol. The molecule has 0 aromatic heterocycles. The second kappa shape index (κ2) is 10.6. The van der Waals surface area contributed by atoms with Gasteiger partial charge in [-0.25, -0.2) is 9.18 Å². The van der Waals surface area contributed by atoms with Gasteiger partial charge < -0.3 is 4.74 Å². The van der Waals surface area contributed by atoms with Gasteiger partial charge in [-0.2, -0.15) is 0 Å². The van der Waals surface area contributed by atoms with E-state index in [0.29, 0.717) is 17.2 Å². The minimum absolute atomic E-state index is 0.349. The molecule has 1 fully saturated rings. The first-order chi connectivity index (χ1) is 14.0. The van der Waals surface area contributed by atoms with Gasteiger partial charge in [-0.15, -0.1) is 0 Å². The normalized spacial score (nSPS) is 20.2. The summed E-state index contributed by atoms with van der Waals surface area (Å²) in [5.74, 6) is 2.02. The highest BCUT2D eigenvalue weighted by Crippen LogP contribution is 2.36. The number of benzene rings is 2. The van der Waals surface area contributed by atoms with Crippen molar-refractivity contribution in [2.75, 3.05) is 0 Å². The van der Waals surface area contributed by atoms with Crippen molar-refractivity contribution in [3.05, 3.63) is 65.5 Å². The highest BCUT2D eigenvalue weighted by Gasteiger charge is 2.25. The molecule has 0 saturated heterocycles. The van der Waals surface area contributed by atoms with Gasteiger partial charge in [0.25, 0.3) is 0 Å². The fourth-order valence-electron chi connectivity index (χ4n) is 4.52. The molecule has 2 aromatic carbocycles. The van der Waals surface area contributed by atoms with Crippen LogP contribution in [0.25, 0.3) is 0 Å². The number of halogens is 1. The van der Waals surface area contributed by atoms with E-state index in [1.807, 2.05) is 24.3 Å². The molecule has 1 aliphatic carbocycles. The molecule has 3 heteroatoms. The zero-order valence-electron chi connectivity index (χ0n) is 17.7. The largest absolute Gasteiger partial charge is 0.423 e. The van der Waals surface area contributed by atoms with E-state index < -0.39 is 5.97 Å². The van der Waals surface area contributed by atoms with Crippen LogP contribution in [0.4, 0.5) is 4.39 Å². The van der Waals surface area contributed by atoms with Gasteiger partial charge in [-0.3, -0.25) is 0 Å². The van der Waals surface area contributed by atoms with Crippen LogP contribution >= 0.6 is 0 Å². The lowest BCUT2D eigenvalue weighted by molar-refractivity contribution is 0.0734. The molecule has 29 heavy (non-hydrogen) atoms. The zero-order chi connectivity index (χ0) is 20.6. The van der Waals surface area contributed by atoms with Crippen LogP contribution in [0.1, 0.15) is 74.7 Å². The Kier molecular flexibility index (Phi) is 7.85. The van der Waals surface area contributed by atoms with Crippen molar-refractivity contribution >= 4 is 5.97 Å². The van der Waals surface area contributed by atoms with Crippen LogP contribution in [0.5, 0.6) is 5.75 Å². The van der Waals surface area contributed by atoms with E-state index in [2.05, 4.69) is 13.8 Å². The Bertz CT molecular complexity index is 758. The first kappa shape index (κ1) is 21.5. The molecule has 3 rings (SSSR count). The van der Waals surface area contributed by atoms with Gasteiger partial charge in [-0.1, -0.05) is 58.1 Å². The topological polar surface area (TPSA) is 26.3 Å². The van der Waals surface area contributed by atoms with Crippen LogP contribution in [0, 0.1) is 23.6 Å². The Morgan fingerprint density at radius 3 is 2.31 bits per heavy atom. The average molecular weight is 397 g/mol. The summed E-state index contributed by atoms with van der Waals surface area (Å²) in [4.78, 5) is 12.3. The lowest BCUT2D eigenvalue weighted by atomic mass is 9.73. The number of hydrogen-bond acceptors (Lipinski definition) is 2. The fourth-order valence-corrected chi connectivity index (χ4v) is 4.52. The number of unbranched alkanes of at least 4 members (excludes halogenated alkanes) is 1. The maximum atomic E-state index is 13.0. The quantitative estimate of drug-likeness (QED) is 0.348. The highest BCUT2D eigenvalue weighted by molar-refractivity contribution is 5.91. The van der Waals surface area contributed by atoms with Crippen molar-refractivity contribution < 1.29 is 13.9 Å². The Labute approximate surface area is 174 Å². The maximum absolute atomic E-state index is 13.0. The lowest BCUT2D eigenvalue weighted by Gasteiger charge is -2.32. The number of ether oxygens (including phenoxy) is 1. The molecule has 0 radical (unpaired) electrons. The van der Waals surface area contributed by atoms with Gasteiger partial charge in [0, 0.05) is 0 Å². The smallest absolute Gasteiger partial charge is 0.343 e. The summed E-state index contributed by atoms with van der Waals surface area (Å²) in [6.07, 6.45) is 10.6. The molecule has 1 atom stereocenters. The van der Waals surface area contributed by atoms with Crippen molar-refractivity contribution in [3.63, 3.8) is 0 Å². The van der Waals surface area contributed by atoms with Crippen molar-refractivity contribution in [1.29, 1.82) is 0 Å². The summed E-state index contributed by atoms with van der Waals surface area (Å²) >= 11 is 0. The van der Waals surface area contributed by atoms with E-state index in [-0.39, 0.29) is 5.82 Å². The number of rotatable bonds is 8. The van der Waals surface area contributed by atoms with E-state index in [0.717, 1.165) is 18.3 Å². The van der Waals surface area contributed by atoms with Crippen molar-refractivity contribution in [1.82, 2.24) is 0 Å². The molecule has 0 N–H and O–H groups in total. The molecule has 0 spiro atoms. The molecule has 0 bridgehead atoms. The van der Waals surface area contributed by atoms with Crippen molar-refractivity contribution in [2.24, 2.45) is 17.8 Å². The molecule has 0 heterocycles. The molecule has 0 amide bonds. The predicted molar refractivity (Wildman–Crippen MR) is 116 cm³/mol. The van der Waals surface area contributed by atoms with Crippen LogP contribution in [-0.4, -0.2) is 5.97 Å². The van der Waals surface area contributed by atoms with E-state index in [9.17, 15) is 9.18 Å². The van der Waals surface area contributed by atoms with Crippen molar-refractivity contribution in [3.8, 4) is 5.75 Å². The maximum Gasteiger partial charge on any atom is 0.343 e. The standard InChI is InChI=1S/C26H33FO2/c1-3-4-5-20-6-10-22(11-7-20)19(2)18-21-8-12-23(13-9-21)26(28)29-25-16-14-24(27)15-17-25/h8-9,12-17,19-20,22H,3-7,10-11,18H2,1-2H3. The Balaban J connectivity index is 1.48. The summed E-state index contributed by atoms with van der Waals surface area (Å²) in [6.45, 7) is 4.65. The molecule has 1 saturated carbocycles. The van der Waals surface area contributed by atoms with Gasteiger partial charge >= 0.3 is 5.97 Å². The molecule has 2 aromatic rings. The third kappa shape index (κ3) is 6.42. The summed E-state index contributed by atoms with van der Waals surface area (Å²) in [5.41, 5.74) is 1.78. The van der Waals surface area contributed by atoms with Crippen LogP contribution in [0.3, 0.4) is 0 Å². The third-order valence-electron chi connectivity index (χ3n) is 6.43. The van der Waals surface area contributed by atoms with Crippen LogP contribution < -0.4 is 4.74 Å². The second-order valence-corrected chi connectivity index (χ2v) is 8.64. The van der Waals surface area contributed by atoms with Gasteiger partial charge in [0.2, 0.25) is 0 Å². The van der Waals surface area contributed by atoms with Gasteiger partial charge in [-0.05, 0) is 79.0 Å². The summed E-state index contributed by atoms with van der Waals surface area (Å²) < 4.78 is 18.3. The van der Waals surface area contributed by atoms with Gasteiger partial charge in [0.15, 0.2) is 0 Å². The number of carbonyl (C=O) groups is 1. The predicted octanol–water partition coefficient (Wildman–Crippen LogP) is 7.22. The third-order valence-corrected chi connectivity index (χ3v) is 6.43. The molecule has 1 unspecified atom stereocenters. The van der Waals surface area contributed by atoms with E-state index in [4.69, 9.17) is 4.74 Å². The Morgan fingerprint density at radius 1 is 1.03 bits per heavy atom. The average Bonchev–Trinajstić information content (AvgIpc) is 2.74. The molecular formula is C26H33FO2. The summed E-state index contributed by atoms with van der Waals surface area (Å²) in [7, 11) is 0. The minimum atomic E-state index is -0.415. The summed E-state index contributed by atoms with van der Waals surface area (Å²) in [6, 6.07) is 13.2. The van der Waals surface area contributed by atoms with Crippen LogP contribution in [0.15, 0.2) is 48.5 Å². The van der Waals surface area contributed by atoms with Crippen LogP contribution in [0.2, 0.25) is 0 Å². The fraction of sp³-hybridized carbons (Fsp3) is 0.500. The first-order valence-corrected chi connectivity index (χ1v) is 11.1. The number of hydrogen-bond donors (Lipinski definition) is 0. The van der Waals surface area contributed by atoms with E-state index in [1.54, 1.807) is 0 Å². The van der Waals surface area contributed by atoms with E-state index in [1.165, 1.54) is 74.8 Å². The Morgan fingerprint density at radius 2 is 1.69 bits per heavy atom. The highest BCUT2D eigenvalue weighted by atomic mass is 19.1. The second-order valence-electron chi connectivity index (χ2n) is 8.64. The minimum Gasteiger partial charge on any atom is -0.423 e. The summed E-state index contributed by atoms with van der Waals surface area (Å²) in [5, 5.41) is 0. The lowest BCUT2D eigenvalue weighted by Crippen LogP contribution is -2.21. The van der Waals surface area contributed by atoms with Gasteiger partial charge in [0.1, 0.15) is 11.6 Å².